The molecular formula is C26H25ClFN3O6S. The number of benzene rings is 3. The number of halogens is 2. The summed E-state index contributed by atoms with van der Waals surface area (Å²) >= 11 is 5.79. The van der Waals surface area contributed by atoms with Crippen LogP contribution in [0.2, 0.25) is 5.02 Å². The number of hydrogen-bond donors (Lipinski definition) is 2. The van der Waals surface area contributed by atoms with Crippen LogP contribution in [0, 0.1) is 5.82 Å². The molecule has 2 amide bonds. The summed E-state index contributed by atoms with van der Waals surface area (Å²) in [5, 5.41) is 13.2. The lowest BCUT2D eigenvalue weighted by Gasteiger charge is -2.23. The third kappa shape index (κ3) is 6.13. The van der Waals surface area contributed by atoms with E-state index in [1.165, 1.54) is 52.7 Å². The van der Waals surface area contributed by atoms with E-state index in [0.717, 1.165) is 11.6 Å². The largest absolute Gasteiger partial charge is 0.410 e. The summed E-state index contributed by atoms with van der Waals surface area (Å²) < 4.78 is 45.6. The van der Waals surface area contributed by atoms with Gasteiger partial charge in [0.2, 0.25) is 10.0 Å². The van der Waals surface area contributed by atoms with E-state index in [1.54, 1.807) is 0 Å². The Hall–Kier alpha value is -3.51. The van der Waals surface area contributed by atoms with E-state index in [9.17, 15) is 27.5 Å². The Balaban J connectivity index is 1.38. The zero-order chi connectivity index (χ0) is 27.5. The number of amides is 2. The minimum absolute atomic E-state index is 0.0299. The Morgan fingerprint density at radius 1 is 1.13 bits per heavy atom. The number of carbonyl (C=O) groups is 2. The van der Waals surface area contributed by atoms with Gasteiger partial charge >= 0.3 is 6.09 Å². The Morgan fingerprint density at radius 3 is 2.47 bits per heavy atom. The van der Waals surface area contributed by atoms with E-state index in [1.807, 2.05) is 30.3 Å². The lowest BCUT2D eigenvalue weighted by atomic mass is 10.2. The molecule has 12 heteroatoms. The maximum absolute atomic E-state index is 13.5. The first-order valence-corrected chi connectivity index (χ1v) is 13.4. The molecule has 1 aliphatic heterocycles. The predicted octanol–water partition coefficient (Wildman–Crippen LogP) is 3.65. The van der Waals surface area contributed by atoms with Crippen molar-refractivity contribution in [3.05, 3.63) is 94.8 Å². The average molecular weight is 562 g/mol. The van der Waals surface area contributed by atoms with E-state index >= 15 is 0 Å². The van der Waals surface area contributed by atoms with Crippen LogP contribution in [0.25, 0.3) is 0 Å². The molecule has 1 atom stereocenters. The van der Waals surface area contributed by atoms with E-state index in [2.05, 4.69) is 5.32 Å². The van der Waals surface area contributed by atoms with Crippen molar-refractivity contribution in [2.24, 2.45) is 0 Å². The molecule has 1 fully saturated rings. The quantitative estimate of drug-likeness (QED) is 0.406. The maximum Gasteiger partial charge on any atom is 0.410 e. The first-order chi connectivity index (χ1) is 18.0. The van der Waals surface area contributed by atoms with E-state index in [0.29, 0.717) is 11.3 Å². The highest BCUT2D eigenvalue weighted by Gasteiger charge is 2.49. The van der Waals surface area contributed by atoms with E-state index < -0.39 is 33.6 Å². The highest BCUT2D eigenvalue weighted by Crippen LogP contribution is 2.30. The monoisotopic (exact) mass is 561 g/mol. The van der Waals surface area contributed by atoms with Gasteiger partial charge in [0.25, 0.3) is 11.7 Å². The first kappa shape index (κ1) is 27.5. The fourth-order valence-corrected chi connectivity index (χ4v) is 5.41. The molecule has 1 aliphatic rings. The Morgan fingerprint density at radius 2 is 1.82 bits per heavy atom. The second-order valence-corrected chi connectivity index (χ2v) is 11.2. The summed E-state index contributed by atoms with van der Waals surface area (Å²) in [6, 6.07) is 18.5. The fraction of sp³-hybridized carbons (Fsp3) is 0.231. The van der Waals surface area contributed by atoms with Crippen LogP contribution in [0.15, 0.2) is 77.7 Å². The molecule has 0 saturated carbocycles. The molecule has 9 nitrogen and oxygen atoms in total. The Kier molecular flexibility index (Phi) is 8.02. The van der Waals surface area contributed by atoms with Crippen LogP contribution < -0.4 is 10.2 Å². The summed E-state index contributed by atoms with van der Waals surface area (Å²) in [4.78, 5) is 26.4. The van der Waals surface area contributed by atoms with Crippen LogP contribution in [-0.2, 0) is 32.6 Å². The molecular weight excluding hydrogens is 537 g/mol. The van der Waals surface area contributed by atoms with Crippen LogP contribution in [0.4, 0.5) is 14.9 Å². The third-order valence-corrected chi connectivity index (χ3v) is 8.01. The maximum atomic E-state index is 13.5. The smallest absolute Gasteiger partial charge is 0.407 e. The van der Waals surface area contributed by atoms with Crippen molar-refractivity contribution in [3.63, 3.8) is 0 Å². The Labute approximate surface area is 224 Å². The minimum Gasteiger partial charge on any atom is -0.407 e. The van der Waals surface area contributed by atoms with Crippen molar-refractivity contribution in [1.29, 1.82) is 0 Å². The Bertz CT molecular complexity index is 1420. The summed E-state index contributed by atoms with van der Waals surface area (Å²) in [7, 11) is -2.32. The van der Waals surface area contributed by atoms with Crippen LogP contribution in [0.1, 0.15) is 17.5 Å². The van der Waals surface area contributed by atoms with Gasteiger partial charge in [0.15, 0.2) is 0 Å². The summed E-state index contributed by atoms with van der Waals surface area (Å²) in [6.45, 7) is 0.0787. The number of carbonyl (C=O) groups excluding carboxylic acids is 2. The molecule has 2 N–H and O–H groups in total. The molecule has 200 valence electrons. The van der Waals surface area contributed by atoms with Gasteiger partial charge in [-0.05, 0) is 53.6 Å². The molecule has 0 unspecified atom stereocenters. The molecule has 38 heavy (non-hydrogen) atoms. The van der Waals surface area contributed by atoms with Gasteiger partial charge in [0.05, 0.1) is 4.90 Å². The van der Waals surface area contributed by atoms with Crippen molar-refractivity contribution in [2.45, 2.75) is 30.2 Å². The molecule has 3 aromatic rings. The van der Waals surface area contributed by atoms with Crippen molar-refractivity contribution >= 4 is 39.3 Å². The lowest BCUT2D eigenvalue weighted by Crippen LogP contribution is -2.46. The normalized spacial score (nSPS) is 17.6. The molecule has 0 aliphatic carbocycles. The summed E-state index contributed by atoms with van der Waals surface area (Å²) in [5.41, 5.74) is 1.53. The average Bonchev–Trinajstić information content (AvgIpc) is 3.16. The van der Waals surface area contributed by atoms with Gasteiger partial charge in [-0.1, -0.05) is 41.9 Å². The predicted molar refractivity (Wildman–Crippen MR) is 138 cm³/mol. The van der Waals surface area contributed by atoms with Crippen molar-refractivity contribution in [1.82, 2.24) is 9.62 Å². The molecule has 4 rings (SSSR count). The van der Waals surface area contributed by atoms with Gasteiger partial charge in [-0.2, -0.15) is 4.31 Å². The molecule has 0 aromatic heterocycles. The number of rotatable bonds is 8. The number of nitrogens with one attached hydrogen (secondary N) is 1. The molecule has 0 radical (unpaired) electrons. The van der Waals surface area contributed by atoms with Gasteiger partial charge < -0.3 is 20.1 Å². The van der Waals surface area contributed by atoms with Gasteiger partial charge in [-0.3, -0.25) is 4.79 Å². The number of alkyl carbamates (subject to hydrolysis) is 1. The standard InChI is InChI=1S/C26H25ClFN3O6S/c1-30(17-18-5-3-2-4-6-18)38(35,36)23-9-7-22(8-10-23)31-12-11-26(34,24(31)32)37-25(33)29-16-19-13-20(27)15-21(28)14-19/h2-10,13-15,34H,11-12,16-17H2,1H3,(H,29,33)/t26-/m0/s1. The zero-order valence-corrected chi connectivity index (χ0v) is 21.9. The van der Waals surface area contributed by atoms with Crippen molar-refractivity contribution < 1.29 is 32.2 Å². The van der Waals surface area contributed by atoms with Crippen LogP contribution >= 0.6 is 11.6 Å². The number of sulfonamides is 1. The molecule has 1 heterocycles. The van der Waals surface area contributed by atoms with E-state index in [-0.39, 0.29) is 36.0 Å². The highest BCUT2D eigenvalue weighted by atomic mass is 35.5. The molecule has 0 bridgehead atoms. The number of ether oxygens (including phenoxy) is 1. The molecule has 1 saturated heterocycles. The van der Waals surface area contributed by atoms with Gasteiger partial charge in [-0.25, -0.2) is 17.6 Å². The highest BCUT2D eigenvalue weighted by molar-refractivity contribution is 7.89. The number of nitrogens with zero attached hydrogens (tertiary/aromatic N) is 2. The second kappa shape index (κ2) is 11.1. The first-order valence-electron chi connectivity index (χ1n) is 11.5. The number of hydrogen-bond acceptors (Lipinski definition) is 6. The lowest BCUT2D eigenvalue weighted by molar-refractivity contribution is -0.175. The van der Waals surface area contributed by atoms with E-state index in [4.69, 9.17) is 16.3 Å². The van der Waals surface area contributed by atoms with Crippen molar-refractivity contribution in [3.8, 4) is 0 Å². The summed E-state index contributed by atoms with van der Waals surface area (Å²) in [6.07, 6.45) is -1.28. The zero-order valence-electron chi connectivity index (χ0n) is 20.3. The van der Waals surface area contributed by atoms with Crippen molar-refractivity contribution in [2.75, 3.05) is 18.5 Å². The van der Waals surface area contributed by atoms with Crippen LogP contribution in [-0.4, -0.2) is 49.2 Å². The SMILES string of the molecule is CN(Cc1ccccc1)S(=O)(=O)c1ccc(N2CC[C@](O)(OC(=O)NCc3cc(F)cc(Cl)c3)C2=O)cc1. The van der Waals surface area contributed by atoms with Crippen LogP contribution in [0.5, 0.6) is 0 Å². The summed E-state index contributed by atoms with van der Waals surface area (Å²) in [5.74, 6) is -3.87. The molecule has 0 spiro atoms. The minimum atomic E-state index is -3.79. The fourth-order valence-electron chi connectivity index (χ4n) is 4.00. The van der Waals surface area contributed by atoms with Crippen LogP contribution in [0.3, 0.4) is 0 Å². The second-order valence-electron chi connectivity index (χ2n) is 8.75. The van der Waals surface area contributed by atoms with Gasteiger partial charge in [-0.15, -0.1) is 0 Å². The van der Waals surface area contributed by atoms with Gasteiger partial charge in [0, 0.05) is 43.8 Å². The third-order valence-electron chi connectivity index (χ3n) is 5.98. The topological polar surface area (TPSA) is 116 Å². The molecule has 3 aromatic carbocycles. The number of aliphatic hydroxyl groups is 1. The van der Waals surface area contributed by atoms with Gasteiger partial charge in [0.1, 0.15) is 5.82 Å². The number of anilines is 1.